The Morgan fingerprint density at radius 3 is 1.15 bits per heavy atom. The molecule has 118 valence electrons. The van der Waals surface area contributed by atoms with Gasteiger partial charge in [-0.3, -0.25) is 0 Å². The van der Waals surface area contributed by atoms with Crippen LogP contribution in [-0.4, -0.2) is 27.4 Å². The van der Waals surface area contributed by atoms with Crippen LogP contribution in [-0.2, 0) is 9.47 Å². The molecule has 0 unspecified atom stereocenters. The molecule has 0 spiro atoms. The van der Waals surface area contributed by atoms with E-state index in [-0.39, 0.29) is 0 Å². The molecule has 0 heterocycles. The number of rotatable bonds is 7. The molecule has 0 aromatic heterocycles. The van der Waals surface area contributed by atoms with Gasteiger partial charge in [0, 0.05) is 27.4 Å². The molecule has 2 rings (SSSR count). The first-order chi connectivity index (χ1) is 9.81. The van der Waals surface area contributed by atoms with E-state index in [4.69, 9.17) is 9.47 Å². The van der Waals surface area contributed by atoms with Crippen molar-refractivity contribution in [1.29, 1.82) is 0 Å². The first kappa shape index (κ1) is 16.3. The summed E-state index contributed by atoms with van der Waals surface area (Å²) in [7, 11) is 3.68. The highest BCUT2D eigenvalue weighted by Gasteiger charge is 2.24. The van der Waals surface area contributed by atoms with Crippen LogP contribution >= 0.6 is 0 Å². The molecule has 0 aromatic carbocycles. The van der Waals surface area contributed by atoms with E-state index >= 15 is 0 Å². The van der Waals surface area contributed by atoms with Crippen LogP contribution in [0.1, 0.15) is 64.2 Å². The standard InChI is InChI=1S/C18H34O2/c1-19-13-17-9-5-15(6-10-17)3-4-16-7-11-18(12-8-16)14-20-2/h15-18H,3-14H2,1-2H3/t15-,16-,17-,18-. The van der Waals surface area contributed by atoms with Crippen molar-refractivity contribution in [3.8, 4) is 0 Å². The van der Waals surface area contributed by atoms with E-state index in [0.717, 1.165) is 36.9 Å². The number of ether oxygens (including phenoxy) is 2. The zero-order chi connectivity index (χ0) is 14.2. The molecule has 0 saturated heterocycles. The molecular formula is C18H34O2. The predicted molar refractivity (Wildman–Crippen MR) is 83.9 cm³/mol. The van der Waals surface area contributed by atoms with Crippen LogP contribution in [0.15, 0.2) is 0 Å². The van der Waals surface area contributed by atoms with Crippen molar-refractivity contribution in [3.05, 3.63) is 0 Å². The molecule has 20 heavy (non-hydrogen) atoms. The van der Waals surface area contributed by atoms with E-state index in [1.54, 1.807) is 0 Å². The van der Waals surface area contributed by atoms with Gasteiger partial charge >= 0.3 is 0 Å². The fourth-order valence-electron chi connectivity index (χ4n) is 4.32. The Morgan fingerprint density at radius 1 is 0.550 bits per heavy atom. The summed E-state index contributed by atoms with van der Waals surface area (Å²) in [5.41, 5.74) is 0. The Labute approximate surface area is 125 Å². The van der Waals surface area contributed by atoms with Crippen LogP contribution in [0.5, 0.6) is 0 Å². The molecule has 2 heteroatoms. The molecular weight excluding hydrogens is 248 g/mol. The molecule has 2 aliphatic carbocycles. The SMILES string of the molecule is COC[C@H]1CC[C@H](CC[C@H]2CC[C@H](COC)CC2)CC1. The van der Waals surface area contributed by atoms with Crippen molar-refractivity contribution in [1.82, 2.24) is 0 Å². The Balaban J connectivity index is 1.55. The topological polar surface area (TPSA) is 18.5 Å². The molecule has 0 radical (unpaired) electrons. The molecule has 0 aromatic rings. The van der Waals surface area contributed by atoms with Gasteiger partial charge in [0.25, 0.3) is 0 Å². The van der Waals surface area contributed by atoms with Crippen molar-refractivity contribution in [3.63, 3.8) is 0 Å². The number of hydrogen-bond donors (Lipinski definition) is 0. The summed E-state index contributed by atoms with van der Waals surface area (Å²) in [6.07, 6.45) is 14.4. The van der Waals surface area contributed by atoms with Crippen LogP contribution < -0.4 is 0 Å². The van der Waals surface area contributed by atoms with Crippen LogP contribution in [0.25, 0.3) is 0 Å². The summed E-state index contributed by atoms with van der Waals surface area (Å²) in [5, 5.41) is 0. The molecule has 2 aliphatic rings. The first-order valence-electron chi connectivity index (χ1n) is 8.79. The Hall–Kier alpha value is -0.0800. The third kappa shape index (κ3) is 5.37. The highest BCUT2D eigenvalue weighted by atomic mass is 16.5. The minimum absolute atomic E-state index is 0.848. The predicted octanol–water partition coefficient (Wildman–Crippen LogP) is 4.67. The van der Waals surface area contributed by atoms with Crippen molar-refractivity contribution in [2.24, 2.45) is 23.7 Å². The molecule has 0 N–H and O–H groups in total. The summed E-state index contributed by atoms with van der Waals surface area (Å²) < 4.78 is 10.6. The quantitative estimate of drug-likeness (QED) is 0.675. The second-order valence-electron chi connectivity index (χ2n) is 7.26. The van der Waals surface area contributed by atoms with Gasteiger partial charge in [-0.15, -0.1) is 0 Å². The van der Waals surface area contributed by atoms with Crippen LogP contribution in [0.4, 0.5) is 0 Å². The van der Waals surface area contributed by atoms with Crippen LogP contribution in [0, 0.1) is 23.7 Å². The smallest absolute Gasteiger partial charge is 0.0490 e. The maximum atomic E-state index is 5.29. The van der Waals surface area contributed by atoms with Gasteiger partial charge in [-0.05, 0) is 49.4 Å². The van der Waals surface area contributed by atoms with Crippen molar-refractivity contribution >= 4 is 0 Å². The Morgan fingerprint density at radius 2 is 0.850 bits per heavy atom. The molecule has 0 atom stereocenters. The van der Waals surface area contributed by atoms with Gasteiger partial charge in [-0.2, -0.15) is 0 Å². The van der Waals surface area contributed by atoms with E-state index < -0.39 is 0 Å². The summed E-state index contributed by atoms with van der Waals surface area (Å²) in [6, 6.07) is 0. The summed E-state index contributed by atoms with van der Waals surface area (Å²) >= 11 is 0. The number of methoxy groups -OCH3 is 2. The van der Waals surface area contributed by atoms with E-state index in [9.17, 15) is 0 Å². The van der Waals surface area contributed by atoms with Gasteiger partial charge in [0.15, 0.2) is 0 Å². The zero-order valence-electron chi connectivity index (χ0n) is 13.6. The van der Waals surface area contributed by atoms with Crippen molar-refractivity contribution < 1.29 is 9.47 Å². The van der Waals surface area contributed by atoms with Crippen LogP contribution in [0.3, 0.4) is 0 Å². The van der Waals surface area contributed by atoms with E-state index in [2.05, 4.69) is 0 Å². The molecule has 2 fully saturated rings. The van der Waals surface area contributed by atoms with Crippen molar-refractivity contribution in [2.45, 2.75) is 64.2 Å². The largest absolute Gasteiger partial charge is 0.384 e. The fraction of sp³-hybridized carbons (Fsp3) is 1.00. The lowest BCUT2D eigenvalue weighted by Crippen LogP contribution is -2.21. The van der Waals surface area contributed by atoms with E-state index in [1.807, 2.05) is 14.2 Å². The lowest BCUT2D eigenvalue weighted by molar-refractivity contribution is 0.108. The van der Waals surface area contributed by atoms with Gasteiger partial charge < -0.3 is 9.47 Å². The van der Waals surface area contributed by atoms with Gasteiger partial charge in [0.2, 0.25) is 0 Å². The maximum absolute atomic E-state index is 5.29. The minimum Gasteiger partial charge on any atom is -0.384 e. The highest BCUT2D eigenvalue weighted by Crippen LogP contribution is 2.36. The molecule has 0 amide bonds. The average molecular weight is 282 g/mol. The van der Waals surface area contributed by atoms with Gasteiger partial charge in [0.1, 0.15) is 0 Å². The summed E-state index contributed by atoms with van der Waals surface area (Å²) in [6.45, 7) is 1.96. The van der Waals surface area contributed by atoms with E-state index in [1.165, 1.54) is 64.2 Å². The summed E-state index contributed by atoms with van der Waals surface area (Å²) in [5.74, 6) is 3.72. The van der Waals surface area contributed by atoms with E-state index in [0.29, 0.717) is 0 Å². The molecule has 2 nitrogen and oxygen atoms in total. The van der Waals surface area contributed by atoms with Crippen molar-refractivity contribution in [2.75, 3.05) is 27.4 Å². The third-order valence-corrected chi connectivity index (χ3v) is 5.72. The van der Waals surface area contributed by atoms with Gasteiger partial charge in [0.05, 0.1) is 0 Å². The zero-order valence-corrected chi connectivity index (χ0v) is 13.6. The summed E-state index contributed by atoms with van der Waals surface area (Å²) in [4.78, 5) is 0. The lowest BCUT2D eigenvalue weighted by Gasteiger charge is -2.31. The third-order valence-electron chi connectivity index (χ3n) is 5.72. The average Bonchev–Trinajstić information content (AvgIpc) is 2.49. The normalized spacial score (nSPS) is 35.1. The second kappa shape index (κ2) is 9.04. The molecule has 0 aliphatic heterocycles. The Bertz CT molecular complexity index is 212. The number of hydrogen-bond acceptors (Lipinski definition) is 2. The first-order valence-corrected chi connectivity index (χ1v) is 8.79. The highest BCUT2D eigenvalue weighted by molar-refractivity contribution is 4.76. The monoisotopic (exact) mass is 282 g/mol. The lowest BCUT2D eigenvalue weighted by atomic mass is 9.76. The van der Waals surface area contributed by atoms with Crippen LogP contribution in [0.2, 0.25) is 0 Å². The molecule has 0 bridgehead atoms. The van der Waals surface area contributed by atoms with Gasteiger partial charge in [-0.1, -0.05) is 38.5 Å². The Kier molecular flexibility index (Phi) is 7.37. The second-order valence-corrected chi connectivity index (χ2v) is 7.26. The maximum Gasteiger partial charge on any atom is 0.0490 e. The fourth-order valence-corrected chi connectivity index (χ4v) is 4.32. The molecule has 2 saturated carbocycles. The van der Waals surface area contributed by atoms with Gasteiger partial charge in [-0.25, -0.2) is 0 Å². The minimum atomic E-state index is 0.848.